The molecule has 1 aliphatic heterocycles. The summed E-state index contributed by atoms with van der Waals surface area (Å²) < 4.78 is 12.3. The number of morpholine rings is 1. The van der Waals surface area contributed by atoms with Crippen molar-refractivity contribution in [3.63, 3.8) is 0 Å². The molecule has 3 aromatic rings. The summed E-state index contributed by atoms with van der Waals surface area (Å²) in [6.45, 7) is 13.0. The van der Waals surface area contributed by atoms with Crippen LogP contribution in [0.2, 0.25) is 0 Å². The van der Waals surface area contributed by atoms with Crippen LogP contribution in [0.1, 0.15) is 79.6 Å². The number of carbonyl (C=O) groups excluding carboxylic acids is 1. The van der Waals surface area contributed by atoms with Crippen molar-refractivity contribution in [1.82, 2.24) is 10.2 Å². The molecule has 3 aromatic carbocycles. The van der Waals surface area contributed by atoms with Crippen LogP contribution in [0.3, 0.4) is 0 Å². The molecule has 1 fully saturated rings. The Balaban J connectivity index is 1.57. The lowest BCUT2D eigenvalue weighted by atomic mass is 9.95. The first-order valence-corrected chi connectivity index (χ1v) is 15.0. The molecule has 1 heterocycles. The van der Waals surface area contributed by atoms with Gasteiger partial charge in [0, 0.05) is 31.7 Å². The minimum atomic E-state index is -0.940. The Hall–Kier alpha value is -3.68. The Morgan fingerprint density at radius 2 is 1.60 bits per heavy atom. The zero-order valence-electron chi connectivity index (χ0n) is 25.3. The van der Waals surface area contributed by atoms with Gasteiger partial charge in [0.25, 0.3) is 5.91 Å². The van der Waals surface area contributed by atoms with Gasteiger partial charge in [0.15, 0.2) is 0 Å². The van der Waals surface area contributed by atoms with Gasteiger partial charge in [-0.15, -0.1) is 0 Å². The summed E-state index contributed by atoms with van der Waals surface area (Å²) in [5.41, 5.74) is 6.45. The van der Waals surface area contributed by atoms with Gasteiger partial charge < -0.3 is 19.9 Å². The molecule has 7 nitrogen and oxygen atoms in total. The van der Waals surface area contributed by atoms with Crippen molar-refractivity contribution in [2.45, 2.75) is 59.1 Å². The van der Waals surface area contributed by atoms with E-state index >= 15 is 0 Å². The Morgan fingerprint density at radius 1 is 0.929 bits per heavy atom. The van der Waals surface area contributed by atoms with E-state index in [9.17, 15) is 9.59 Å². The zero-order chi connectivity index (χ0) is 30.1. The lowest BCUT2D eigenvalue weighted by Crippen LogP contribution is -2.35. The van der Waals surface area contributed by atoms with E-state index in [0.717, 1.165) is 50.6 Å². The number of nitrogens with zero attached hydrogens (tertiary/aromatic N) is 1. The quantitative estimate of drug-likeness (QED) is 0.238. The smallest absolute Gasteiger partial charge is 0.305 e. The van der Waals surface area contributed by atoms with Gasteiger partial charge in [-0.25, -0.2) is 0 Å². The molecule has 0 bridgehead atoms. The van der Waals surface area contributed by atoms with E-state index in [0.29, 0.717) is 17.4 Å². The second-order valence-electron chi connectivity index (χ2n) is 11.7. The number of hydrogen-bond acceptors (Lipinski definition) is 5. The topological polar surface area (TPSA) is 88.1 Å². The molecule has 0 aliphatic carbocycles. The molecule has 1 atom stereocenters. The fourth-order valence-electron chi connectivity index (χ4n) is 5.18. The van der Waals surface area contributed by atoms with Crippen LogP contribution in [0.15, 0.2) is 66.7 Å². The summed E-state index contributed by atoms with van der Waals surface area (Å²) in [4.78, 5) is 25.6. The van der Waals surface area contributed by atoms with Crippen molar-refractivity contribution >= 4 is 11.9 Å². The van der Waals surface area contributed by atoms with E-state index in [-0.39, 0.29) is 25.0 Å². The van der Waals surface area contributed by atoms with Crippen LogP contribution >= 0.6 is 0 Å². The monoisotopic (exact) mass is 572 g/mol. The average Bonchev–Trinajstić information content (AvgIpc) is 2.97. The highest BCUT2D eigenvalue weighted by Gasteiger charge is 2.19. The number of nitrogens with one attached hydrogen (secondary N) is 1. The summed E-state index contributed by atoms with van der Waals surface area (Å²) in [5, 5.41) is 11.5. The molecule has 1 aliphatic rings. The second-order valence-corrected chi connectivity index (χ2v) is 11.7. The number of ether oxygens (including phenoxy) is 2. The summed E-state index contributed by atoms with van der Waals surface area (Å²) in [5.74, 6) is 0.488. The molecule has 1 amide bonds. The predicted molar refractivity (Wildman–Crippen MR) is 166 cm³/mol. The fourth-order valence-corrected chi connectivity index (χ4v) is 5.18. The number of aliphatic carboxylic acids is 1. The number of amides is 1. The fraction of sp³-hybridized carbons (Fsp3) is 0.429. The Labute approximate surface area is 249 Å². The van der Waals surface area contributed by atoms with Gasteiger partial charge in [-0.2, -0.15) is 0 Å². The summed E-state index contributed by atoms with van der Waals surface area (Å²) in [7, 11) is 0. The van der Waals surface area contributed by atoms with Gasteiger partial charge in [0.05, 0.1) is 19.6 Å². The number of rotatable bonds is 13. The van der Waals surface area contributed by atoms with E-state index in [1.54, 1.807) is 12.1 Å². The lowest BCUT2D eigenvalue weighted by molar-refractivity contribution is -0.136. The van der Waals surface area contributed by atoms with Gasteiger partial charge in [0.2, 0.25) is 0 Å². The second kappa shape index (κ2) is 15.0. The van der Waals surface area contributed by atoms with Crippen molar-refractivity contribution in [2.75, 3.05) is 32.8 Å². The molecule has 42 heavy (non-hydrogen) atoms. The third-order valence-electron chi connectivity index (χ3n) is 7.60. The van der Waals surface area contributed by atoms with E-state index < -0.39 is 5.97 Å². The lowest BCUT2D eigenvalue weighted by Gasteiger charge is -2.28. The Morgan fingerprint density at radius 3 is 2.21 bits per heavy atom. The normalized spacial score (nSPS) is 14.6. The SMILES string of the molecule is CC(C)CC(Oc1ccc(-c2ccc(C(C)C)cc2)c(CN2CCOCC2)c1)c1ccc(C(=O)NCCC(=O)O)cc1. The minimum Gasteiger partial charge on any atom is -0.486 e. The maximum Gasteiger partial charge on any atom is 0.305 e. The van der Waals surface area contributed by atoms with Crippen LogP contribution in [0, 0.1) is 5.92 Å². The first-order chi connectivity index (χ1) is 20.2. The third-order valence-corrected chi connectivity index (χ3v) is 7.60. The van der Waals surface area contributed by atoms with Gasteiger partial charge >= 0.3 is 5.97 Å². The standard InChI is InChI=1S/C35H44N2O5/c1-24(2)21-33(28-9-11-29(12-10-28)35(40)36-16-15-34(38)39)42-31-13-14-32(27-7-5-26(6-8-27)25(3)4)30(22-31)23-37-17-19-41-20-18-37/h5-14,22,24-25,33H,15-21,23H2,1-4H3,(H,36,40)(H,38,39). The summed E-state index contributed by atoms with van der Waals surface area (Å²) in [6, 6.07) is 22.7. The molecule has 2 N–H and O–H groups in total. The van der Waals surface area contributed by atoms with Crippen LogP contribution in [-0.4, -0.2) is 54.7 Å². The van der Waals surface area contributed by atoms with E-state index in [2.05, 4.69) is 80.4 Å². The van der Waals surface area contributed by atoms with Gasteiger partial charge in [-0.05, 0) is 70.3 Å². The van der Waals surface area contributed by atoms with E-state index in [1.807, 2.05) is 12.1 Å². The summed E-state index contributed by atoms with van der Waals surface area (Å²) in [6.07, 6.45) is 0.534. The van der Waals surface area contributed by atoms with Gasteiger partial charge in [-0.1, -0.05) is 70.2 Å². The number of carboxylic acids is 1. The number of carbonyl (C=O) groups is 2. The van der Waals surface area contributed by atoms with Crippen LogP contribution in [0.5, 0.6) is 5.75 Å². The molecular weight excluding hydrogens is 528 g/mol. The molecule has 0 saturated carbocycles. The van der Waals surface area contributed by atoms with Crippen LogP contribution < -0.4 is 10.1 Å². The zero-order valence-corrected chi connectivity index (χ0v) is 25.3. The molecule has 4 rings (SSSR count). The van der Waals surface area contributed by atoms with Crippen molar-refractivity contribution in [2.24, 2.45) is 5.92 Å². The maximum absolute atomic E-state index is 12.4. The van der Waals surface area contributed by atoms with Crippen molar-refractivity contribution in [3.8, 4) is 16.9 Å². The van der Waals surface area contributed by atoms with E-state index in [4.69, 9.17) is 14.6 Å². The minimum absolute atomic E-state index is 0.0969. The van der Waals surface area contributed by atoms with Gasteiger partial charge in [-0.3, -0.25) is 14.5 Å². The first-order valence-electron chi connectivity index (χ1n) is 15.0. The first kappa shape index (κ1) is 31.3. The number of carboxylic acid groups (broad SMARTS) is 1. The molecule has 224 valence electrons. The maximum atomic E-state index is 12.4. The van der Waals surface area contributed by atoms with Crippen LogP contribution in [0.4, 0.5) is 0 Å². The van der Waals surface area contributed by atoms with Crippen molar-refractivity contribution in [1.29, 1.82) is 0 Å². The highest BCUT2D eigenvalue weighted by Crippen LogP contribution is 2.33. The van der Waals surface area contributed by atoms with Crippen LogP contribution in [-0.2, 0) is 16.1 Å². The van der Waals surface area contributed by atoms with Gasteiger partial charge in [0.1, 0.15) is 11.9 Å². The third kappa shape index (κ3) is 8.91. The predicted octanol–water partition coefficient (Wildman–Crippen LogP) is 6.68. The Kier molecular flexibility index (Phi) is 11.2. The molecule has 0 aromatic heterocycles. The molecular formula is C35H44N2O5. The average molecular weight is 573 g/mol. The van der Waals surface area contributed by atoms with Crippen molar-refractivity contribution < 1.29 is 24.2 Å². The molecule has 0 spiro atoms. The van der Waals surface area contributed by atoms with E-state index in [1.165, 1.54) is 22.3 Å². The molecule has 7 heteroatoms. The number of hydrogen-bond donors (Lipinski definition) is 2. The summed E-state index contributed by atoms with van der Waals surface area (Å²) >= 11 is 0. The van der Waals surface area contributed by atoms with Crippen molar-refractivity contribution in [3.05, 3.63) is 89.0 Å². The molecule has 1 saturated heterocycles. The highest BCUT2D eigenvalue weighted by molar-refractivity contribution is 5.94. The molecule has 0 radical (unpaired) electrons. The molecule has 1 unspecified atom stereocenters. The largest absolute Gasteiger partial charge is 0.486 e. The number of benzene rings is 3. The highest BCUT2D eigenvalue weighted by atomic mass is 16.5. The van der Waals surface area contributed by atoms with Crippen LogP contribution in [0.25, 0.3) is 11.1 Å². The Bertz CT molecular complexity index is 1310.